The molecule has 1 aliphatic rings. The van der Waals surface area contributed by atoms with Crippen molar-refractivity contribution < 1.29 is 4.52 Å². The number of anilines is 1. The summed E-state index contributed by atoms with van der Waals surface area (Å²) in [6.45, 7) is 2.82. The first-order chi connectivity index (χ1) is 6.90. The van der Waals surface area contributed by atoms with E-state index >= 15 is 0 Å². The molecule has 1 fully saturated rings. The Balaban J connectivity index is 2.00. The van der Waals surface area contributed by atoms with E-state index in [-0.39, 0.29) is 0 Å². The van der Waals surface area contributed by atoms with E-state index in [9.17, 15) is 0 Å². The molecular formula is C8H13N3OS2. The molecule has 2 rings (SSSR count). The largest absolute Gasteiger partial charge is 0.338 e. The summed E-state index contributed by atoms with van der Waals surface area (Å²) >= 11 is 3.87. The zero-order chi connectivity index (χ0) is 9.80. The van der Waals surface area contributed by atoms with E-state index in [0.717, 1.165) is 18.1 Å². The fraction of sp³-hybridized carbons (Fsp3) is 0.750. The Morgan fingerprint density at radius 3 is 3.21 bits per heavy atom. The Labute approximate surface area is 91.6 Å². The van der Waals surface area contributed by atoms with Crippen molar-refractivity contribution >= 4 is 29.5 Å². The summed E-state index contributed by atoms with van der Waals surface area (Å²) < 4.78 is 5.06. The van der Waals surface area contributed by atoms with Gasteiger partial charge in [-0.25, -0.2) is 0 Å². The summed E-state index contributed by atoms with van der Waals surface area (Å²) in [6, 6.07) is 0.540. The fourth-order valence-corrected chi connectivity index (χ4v) is 3.81. The lowest BCUT2D eigenvalue weighted by Gasteiger charge is -2.16. The summed E-state index contributed by atoms with van der Waals surface area (Å²) in [6.07, 6.45) is 0. The normalized spacial score (nSPS) is 22.2. The van der Waals surface area contributed by atoms with Gasteiger partial charge in [0.2, 0.25) is 0 Å². The Morgan fingerprint density at radius 1 is 1.57 bits per heavy atom. The maximum atomic E-state index is 5.06. The minimum atomic E-state index is 0.407. The second-order valence-electron chi connectivity index (χ2n) is 2.92. The number of hydrogen-bond acceptors (Lipinski definition) is 6. The molecule has 1 unspecified atom stereocenters. The molecule has 4 nitrogen and oxygen atoms in total. The molecule has 6 heteroatoms. The number of thioether (sulfide) groups is 2. The predicted octanol–water partition coefficient (Wildman–Crippen LogP) is 2.02. The van der Waals surface area contributed by atoms with Gasteiger partial charge in [0.05, 0.1) is 5.25 Å². The first-order valence-corrected chi connectivity index (χ1v) is 6.87. The molecule has 1 aliphatic heterocycles. The fourth-order valence-electron chi connectivity index (χ4n) is 1.23. The number of hydrogen-bond donors (Lipinski definition) is 1. The van der Waals surface area contributed by atoms with Crippen LogP contribution in [0.4, 0.5) is 6.01 Å². The van der Waals surface area contributed by atoms with Crippen molar-refractivity contribution in [3.63, 3.8) is 0 Å². The SMILES string of the molecule is CCNc1nc(C2CSCCS2)no1. The van der Waals surface area contributed by atoms with Crippen LogP contribution in [0.5, 0.6) is 0 Å². The van der Waals surface area contributed by atoms with Crippen molar-refractivity contribution in [2.75, 3.05) is 29.1 Å². The summed E-state index contributed by atoms with van der Waals surface area (Å²) in [5.41, 5.74) is 0. The summed E-state index contributed by atoms with van der Waals surface area (Å²) in [7, 11) is 0. The van der Waals surface area contributed by atoms with Crippen molar-refractivity contribution in [1.82, 2.24) is 10.1 Å². The highest BCUT2D eigenvalue weighted by molar-refractivity contribution is 8.06. The lowest BCUT2D eigenvalue weighted by atomic mass is 10.4. The standard InChI is InChI=1S/C8H13N3OS2/c1-2-9-8-10-7(11-12-8)6-5-13-3-4-14-6/h6H,2-5H2,1H3,(H,9,10,11). The number of rotatable bonds is 3. The Bertz CT molecular complexity index is 286. The molecule has 0 aromatic carbocycles. The lowest BCUT2D eigenvalue weighted by Crippen LogP contribution is -2.08. The van der Waals surface area contributed by atoms with Crippen LogP contribution in [-0.2, 0) is 0 Å². The average Bonchev–Trinajstić information content (AvgIpc) is 2.68. The first kappa shape index (κ1) is 10.2. The Kier molecular flexibility index (Phi) is 3.58. The molecular weight excluding hydrogens is 218 g/mol. The molecule has 0 amide bonds. The maximum Gasteiger partial charge on any atom is 0.321 e. The molecule has 1 aromatic rings. The van der Waals surface area contributed by atoms with Gasteiger partial charge in [0, 0.05) is 23.8 Å². The van der Waals surface area contributed by atoms with Crippen molar-refractivity contribution in [3.05, 3.63) is 5.82 Å². The van der Waals surface area contributed by atoms with Crippen LogP contribution in [0.2, 0.25) is 0 Å². The zero-order valence-electron chi connectivity index (χ0n) is 8.02. The summed E-state index contributed by atoms with van der Waals surface area (Å²) in [5, 5.41) is 7.39. The quantitative estimate of drug-likeness (QED) is 0.859. The molecule has 0 bridgehead atoms. The molecule has 14 heavy (non-hydrogen) atoms. The summed E-state index contributed by atoms with van der Waals surface area (Å²) in [4.78, 5) is 4.30. The van der Waals surface area contributed by atoms with Crippen molar-refractivity contribution in [2.24, 2.45) is 0 Å². The van der Waals surface area contributed by atoms with Gasteiger partial charge in [-0.15, -0.1) is 11.8 Å². The second-order valence-corrected chi connectivity index (χ2v) is 5.38. The average molecular weight is 231 g/mol. The van der Waals surface area contributed by atoms with Crippen LogP contribution < -0.4 is 5.32 Å². The van der Waals surface area contributed by atoms with Gasteiger partial charge in [0.15, 0.2) is 5.82 Å². The molecule has 1 atom stereocenters. The topological polar surface area (TPSA) is 51.0 Å². The first-order valence-electron chi connectivity index (χ1n) is 4.67. The summed E-state index contributed by atoms with van der Waals surface area (Å²) in [5.74, 6) is 4.34. The molecule has 78 valence electrons. The van der Waals surface area contributed by atoms with Crippen LogP contribution in [0.3, 0.4) is 0 Å². The van der Waals surface area contributed by atoms with E-state index in [0.29, 0.717) is 11.3 Å². The maximum absolute atomic E-state index is 5.06. The third kappa shape index (κ3) is 2.36. The predicted molar refractivity (Wildman–Crippen MR) is 61.0 cm³/mol. The van der Waals surface area contributed by atoms with Crippen molar-refractivity contribution in [2.45, 2.75) is 12.2 Å². The highest BCUT2D eigenvalue weighted by atomic mass is 32.2. The molecule has 1 aromatic heterocycles. The van der Waals surface area contributed by atoms with E-state index in [1.54, 1.807) is 0 Å². The molecule has 0 radical (unpaired) electrons. The molecule has 0 saturated carbocycles. The zero-order valence-corrected chi connectivity index (χ0v) is 9.66. The van der Waals surface area contributed by atoms with Gasteiger partial charge in [-0.05, 0) is 6.92 Å². The molecule has 1 N–H and O–H groups in total. The van der Waals surface area contributed by atoms with E-state index in [4.69, 9.17) is 4.52 Å². The van der Waals surface area contributed by atoms with Gasteiger partial charge in [-0.2, -0.15) is 16.7 Å². The second kappa shape index (κ2) is 4.93. The molecule has 2 heterocycles. The van der Waals surface area contributed by atoms with Gasteiger partial charge < -0.3 is 9.84 Å². The minimum Gasteiger partial charge on any atom is -0.338 e. The number of nitrogens with one attached hydrogen (secondary N) is 1. The van der Waals surface area contributed by atoms with Crippen LogP contribution in [0.25, 0.3) is 0 Å². The van der Waals surface area contributed by atoms with Crippen molar-refractivity contribution in [1.29, 1.82) is 0 Å². The number of nitrogens with zero attached hydrogens (tertiary/aromatic N) is 2. The van der Waals surface area contributed by atoms with E-state index in [1.807, 2.05) is 30.4 Å². The minimum absolute atomic E-state index is 0.407. The van der Waals surface area contributed by atoms with Gasteiger partial charge in [0.1, 0.15) is 0 Å². The van der Waals surface area contributed by atoms with Crippen LogP contribution in [0, 0.1) is 0 Å². The smallest absolute Gasteiger partial charge is 0.321 e. The van der Waals surface area contributed by atoms with Crippen LogP contribution in [0.15, 0.2) is 4.52 Å². The lowest BCUT2D eigenvalue weighted by molar-refractivity contribution is 0.423. The molecule has 0 aliphatic carbocycles. The van der Waals surface area contributed by atoms with Crippen LogP contribution >= 0.6 is 23.5 Å². The third-order valence-electron chi connectivity index (χ3n) is 1.87. The highest BCUT2D eigenvalue weighted by Gasteiger charge is 2.21. The molecule has 0 spiro atoms. The van der Waals surface area contributed by atoms with Crippen molar-refractivity contribution in [3.8, 4) is 0 Å². The monoisotopic (exact) mass is 231 g/mol. The van der Waals surface area contributed by atoms with Gasteiger partial charge in [-0.1, -0.05) is 5.16 Å². The number of aromatic nitrogens is 2. The van der Waals surface area contributed by atoms with Crippen LogP contribution in [0.1, 0.15) is 18.0 Å². The Morgan fingerprint density at radius 2 is 2.50 bits per heavy atom. The van der Waals surface area contributed by atoms with E-state index < -0.39 is 0 Å². The van der Waals surface area contributed by atoms with Gasteiger partial charge in [-0.3, -0.25) is 0 Å². The van der Waals surface area contributed by atoms with Gasteiger partial charge in [0.25, 0.3) is 0 Å². The molecule has 1 saturated heterocycles. The van der Waals surface area contributed by atoms with Crippen LogP contribution in [-0.4, -0.2) is 33.9 Å². The highest BCUT2D eigenvalue weighted by Crippen LogP contribution is 2.35. The van der Waals surface area contributed by atoms with Gasteiger partial charge >= 0.3 is 6.01 Å². The van der Waals surface area contributed by atoms with E-state index in [1.165, 1.54) is 11.5 Å². The third-order valence-corrected chi connectivity index (χ3v) is 4.62. The Hall–Kier alpha value is -0.360. The van der Waals surface area contributed by atoms with E-state index in [2.05, 4.69) is 15.5 Å².